The number of rotatable bonds is 5. The second-order valence-corrected chi connectivity index (χ2v) is 5.08. The predicted molar refractivity (Wildman–Crippen MR) is 74.1 cm³/mol. The normalized spacial score (nSPS) is 21.5. The molecule has 0 radical (unpaired) electrons. The van der Waals surface area contributed by atoms with Crippen LogP contribution in [0.4, 0.5) is 4.39 Å². The van der Waals surface area contributed by atoms with Crippen molar-refractivity contribution in [1.82, 2.24) is 5.32 Å². The standard InChI is InChI=1S/C13H14ClFN4O/c14-9-3-1-2-8(12(9)15)4-5-11(20)13-10(18-19-16)6-7-17-13/h1-3,10,13,17H,4-7H2/t10-,13+/m1/s1. The fraction of sp³-hybridized carbons (Fsp3) is 0.462. The van der Waals surface area contributed by atoms with Crippen molar-refractivity contribution in [3.63, 3.8) is 0 Å². The molecular weight excluding hydrogens is 283 g/mol. The number of benzene rings is 1. The van der Waals surface area contributed by atoms with Crippen LogP contribution in [-0.4, -0.2) is 24.4 Å². The molecule has 2 rings (SSSR count). The first-order valence-electron chi connectivity index (χ1n) is 6.36. The van der Waals surface area contributed by atoms with E-state index in [9.17, 15) is 9.18 Å². The summed E-state index contributed by atoms with van der Waals surface area (Å²) in [5.74, 6) is -0.549. The molecule has 0 unspecified atom stereocenters. The maximum absolute atomic E-state index is 13.7. The third kappa shape index (κ3) is 3.28. The Labute approximate surface area is 120 Å². The Hall–Kier alpha value is -1.62. The zero-order valence-corrected chi connectivity index (χ0v) is 11.5. The largest absolute Gasteiger partial charge is 0.307 e. The Balaban J connectivity index is 1.98. The van der Waals surface area contributed by atoms with Gasteiger partial charge in [0.05, 0.1) is 17.1 Å². The van der Waals surface area contributed by atoms with Gasteiger partial charge in [-0.2, -0.15) is 0 Å². The lowest BCUT2D eigenvalue weighted by Crippen LogP contribution is -2.37. The number of azide groups is 1. The highest BCUT2D eigenvalue weighted by Crippen LogP contribution is 2.20. The highest BCUT2D eigenvalue weighted by Gasteiger charge is 2.31. The van der Waals surface area contributed by atoms with Crippen molar-refractivity contribution in [2.24, 2.45) is 5.11 Å². The highest BCUT2D eigenvalue weighted by molar-refractivity contribution is 6.30. The first-order chi connectivity index (χ1) is 9.63. The maximum atomic E-state index is 13.7. The van der Waals surface area contributed by atoms with Gasteiger partial charge in [0.15, 0.2) is 0 Å². The summed E-state index contributed by atoms with van der Waals surface area (Å²) in [7, 11) is 0. The van der Waals surface area contributed by atoms with Gasteiger partial charge in [0.1, 0.15) is 11.6 Å². The van der Waals surface area contributed by atoms with E-state index in [-0.39, 0.29) is 29.7 Å². The maximum Gasteiger partial charge on any atom is 0.150 e. The summed E-state index contributed by atoms with van der Waals surface area (Å²) in [5, 5.41) is 6.69. The van der Waals surface area contributed by atoms with Gasteiger partial charge < -0.3 is 5.32 Å². The Morgan fingerprint density at radius 1 is 1.60 bits per heavy atom. The van der Waals surface area contributed by atoms with Gasteiger partial charge in [-0.05, 0) is 36.5 Å². The van der Waals surface area contributed by atoms with Gasteiger partial charge in [0.25, 0.3) is 0 Å². The predicted octanol–water partition coefficient (Wildman–Crippen LogP) is 3.02. The third-order valence-electron chi connectivity index (χ3n) is 3.41. The minimum Gasteiger partial charge on any atom is -0.307 e. The fourth-order valence-electron chi connectivity index (χ4n) is 2.36. The molecule has 1 aromatic carbocycles. The fourth-order valence-corrected chi connectivity index (χ4v) is 2.56. The molecule has 1 aromatic rings. The Morgan fingerprint density at radius 3 is 3.15 bits per heavy atom. The van der Waals surface area contributed by atoms with Crippen LogP contribution in [0.2, 0.25) is 5.02 Å². The van der Waals surface area contributed by atoms with Crippen LogP contribution in [0.3, 0.4) is 0 Å². The van der Waals surface area contributed by atoms with Gasteiger partial charge in [-0.1, -0.05) is 28.8 Å². The average Bonchev–Trinajstić information content (AvgIpc) is 2.89. The summed E-state index contributed by atoms with van der Waals surface area (Å²) < 4.78 is 13.7. The number of carbonyl (C=O) groups excluding carboxylic acids is 1. The zero-order chi connectivity index (χ0) is 14.5. The van der Waals surface area contributed by atoms with Gasteiger partial charge in [-0.15, -0.1) is 0 Å². The van der Waals surface area contributed by atoms with E-state index in [0.717, 1.165) is 0 Å². The molecule has 20 heavy (non-hydrogen) atoms. The van der Waals surface area contributed by atoms with Gasteiger partial charge in [-0.3, -0.25) is 4.79 Å². The van der Waals surface area contributed by atoms with E-state index in [1.807, 2.05) is 0 Å². The van der Waals surface area contributed by atoms with Gasteiger partial charge >= 0.3 is 0 Å². The van der Waals surface area contributed by atoms with E-state index in [1.54, 1.807) is 12.1 Å². The van der Waals surface area contributed by atoms with Gasteiger partial charge in [0.2, 0.25) is 0 Å². The van der Waals surface area contributed by atoms with E-state index in [0.29, 0.717) is 18.5 Å². The molecule has 1 N–H and O–H groups in total. The van der Waals surface area contributed by atoms with Crippen LogP contribution in [0.25, 0.3) is 10.4 Å². The molecule has 1 saturated heterocycles. The van der Waals surface area contributed by atoms with Crippen molar-refractivity contribution in [1.29, 1.82) is 0 Å². The number of nitrogens with zero attached hydrogens (tertiary/aromatic N) is 3. The van der Waals surface area contributed by atoms with Crippen LogP contribution in [0.5, 0.6) is 0 Å². The average molecular weight is 297 g/mol. The Morgan fingerprint density at radius 2 is 2.40 bits per heavy atom. The van der Waals surface area contributed by atoms with Crippen molar-refractivity contribution in [3.05, 3.63) is 45.0 Å². The Bertz CT molecular complexity index is 559. The van der Waals surface area contributed by atoms with E-state index >= 15 is 0 Å². The molecule has 1 heterocycles. The number of Topliss-reactive ketones (excluding diaryl/α,β-unsaturated/α-hetero) is 1. The molecule has 0 spiro atoms. The van der Waals surface area contributed by atoms with Crippen LogP contribution in [-0.2, 0) is 11.2 Å². The molecular formula is C13H14ClFN4O. The Kier molecular flexibility index (Phi) is 4.95. The monoisotopic (exact) mass is 296 g/mol. The van der Waals surface area contributed by atoms with E-state index in [1.165, 1.54) is 6.07 Å². The van der Waals surface area contributed by atoms with E-state index < -0.39 is 11.9 Å². The summed E-state index contributed by atoms with van der Waals surface area (Å²) in [6.45, 7) is 0.644. The molecule has 0 amide bonds. The topological polar surface area (TPSA) is 77.9 Å². The van der Waals surface area contributed by atoms with Crippen LogP contribution < -0.4 is 5.32 Å². The quantitative estimate of drug-likeness (QED) is 0.515. The molecule has 7 heteroatoms. The second kappa shape index (κ2) is 6.70. The summed E-state index contributed by atoms with van der Waals surface area (Å²) in [4.78, 5) is 14.8. The molecule has 0 aromatic heterocycles. The summed E-state index contributed by atoms with van der Waals surface area (Å²) in [6, 6.07) is 3.92. The van der Waals surface area contributed by atoms with Crippen molar-refractivity contribution in [2.75, 3.05) is 6.54 Å². The first kappa shape index (κ1) is 14.8. The van der Waals surface area contributed by atoms with Crippen LogP contribution in [0.1, 0.15) is 18.4 Å². The number of hydrogen-bond donors (Lipinski definition) is 1. The summed E-state index contributed by atoms with van der Waals surface area (Å²) in [5.41, 5.74) is 8.88. The number of halogens is 2. The van der Waals surface area contributed by atoms with Crippen molar-refractivity contribution in [2.45, 2.75) is 31.3 Å². The van der Waals surface area contributed by atoms with E-state index in [2.05, 4.69) is 15.3 Å². The second-order valence-electron chi connectivity index (χ2n) is 4.67. The minimum atomic E-state index is -0.479. The lowest BCUT2D eigenvalue weighted by atomic mass is 9.99. The van der Waals surface area contributed by atoms with Gasteiger partial charge in [-0.25, -0.2) is 4.39 Å². The zero-order valence-electron chi connectivity index (χ0n) is 10.7. The van der Waals surface area contributed by atoms with E-state index in [4.69, 9.17) is 17.1 Å². The summed E-state index contributed by atoms with van der Waals surface area (Å²) >= 11 is 5.69. The van der Waals surface area contributed by atoms with Crippen molar-refractivity contribution in [3.8, 4) is 0 Å². The van der Waals surface area contributed by atoms with Gasteiger partial charge in [0, 0.05) is 11.3 Å². The molecule has 0 aliphatic carbocycles. The van der Waals surface area contributed by atoms with Crippen LogP contribution in [0.15, 0.2) is 23.3 Å². The first-order valence-corrected chi connectivity index (χ1v) is 6.74. The number of hydrogen-bond acceptors (Lipinski definition) is 3. The molecule has 106 valence electrons. The van der Waals surface area contributed by atoms with Crippen molar-refractivity contribution < 1.29 is 9.18 Å². The van der Waals surface area contributed by atoms with Crippen LogP contribution in [0, 0.1) is 5.82 Å². The SMILES string of the molecule is [N-]=[N+]=N[C@@H]1CCN[C@@H]1C(=O)CCc1cccc(Cl)c1F. The number of nitrogens with one attached hydrogen (secondary N) is 1. The molecule has 5 nitrogen and oxygen atoms in total. The molecule has 0 saturated carbocycles. The summed E-state index contributed by atoms with van der Waals surface area (Å²) in [6.07, 6.45) is 1.12. The minimum absolute atomic E-state index is 0.0564. The molecule has 1 aliphatic heterocycles. The van der Waals surface area contributed by atoms with Crippen molar-refractivity contribution >= 4 is 17.4 Å². The molecule has 0 bridgehead atoms. The number of carbonyl (C=O) groups is 1. The number of aryl methyl sites for hydroxylation is 1. The smallest absolute Gasteiger partial charge is 0.150 e. The number of ketones is 1. The van der Waals surface area contributed by atoms with Crippen LogP contribution >= 0.6 is 11.6 Å². The lowest BCUT2D eigenvalue weighted by Gasteiger charge is -2.14. The lowest BCUT2D eigenvalue weighted by molar-refractivity contribution is -0.120. The molecule has 1 fully saturated rings. The third-order valence-corrected chi connectivity index (χ3v) is 3.70. The molecule has 2 atom stereocenters. The molecule has 1 aliphatic rings. The highest BCUT2D eigenvalue weighted by atomic mass is 35.5.